The van der Waals surface area contributed by atoms with Gasteiger partial charge in [0.25, 0.3) is 0 Å². The summed E-state index contributed by atoms with van der Waals surface area (Å²) < 4.78 is 18.1. The van der Waals surface area contributed by atoms with E-state index in [0.29, 0.717) is 45.9 Å². The molecule has 8 heteroatoms. The predicted molar refractivity (Wildman–Crippen MR) is 143 cm³/mol. The smallest absolute Gasteiger partial charge is 0.363 e. The molecule has 0 aromatic heterocycles. The first kappa shape index (κ1) is 24.6. The molecule has 0 spiro atoms. The SMILES string of the molecule is CCOc1cc(/C=C2\N=C(c3cc(I)ccc3Cl)OC2=O)cc(Cl)c1OCc1ccc(C)cc1. The molecule has 0 amide bonds. The van der Waals surface area contributed by atoms with Crippen molar-refractivity contribution in [2.75, 3.05) is 6.61 Å². The Hall–Kier alpha value is -2.55. The van der Waals surface area contributed by atoms with Crippen molar-refractivity contribution in [3.63, 3.8) is 0 Å². The number of hydrogen-bond acceptors (Lipinski definition) is 5. The summed E-state index contributed by atoms with van der Waals surface area (Å²) in [5.41, 5.74) is 3.51. The first-order valence-electron chi connectivity index (χ1n) is 10.5. The number of hydrogen-bond donors (Lipinski definition) is 0. The van der Waals surface area contributed by atoms with Gasteiger partial charge >= 0.3 is 5.97 Å². The van der Waals surface area contributed by atoms with E-state index in [2.05, 4.69) is 27.6 Å². The monoisotopic (exact) mass is 607 g/mol. The summed E-state index contributed by atoms with van der Waals surface area (Å²) in [6.45, 7) is 4.67. The van der Waals surface area contributed by atoms with Gasteiger partial charge in [-0.2, -0.15) is 0 Å². The molecule has 0 saturated carbocycles. The highest BCUT2D eigenvalue weighted by Gasteiger charge is 2.26. The summed E-state index contributed by atoms with van der Waals surface area (Å²) in [7, 11) is 0. The predicted octanol–water partition coefficient (Wildman–Crippen LogP) is 7.23. The number of cyclic esters (lactones) is 1. The number of aliphatic imine (C=N–C) groups is 1. The summed E-state index contributed by atoms with van der Waals surface area (Å²) in [4.78, 5) is 16.8. The van der Waals surface area contributed by atoms with Crippen molar-refractivity contribution in [2.45, 2.75) is 20.5 Å². The lowest BCUT2D eigenvalue weighted by Gasteiger charge is -2.14. The maximum absolute atomic E-state index is 12.5. The van der Waals surface area contributed by atoms with Crippen LogP contribution in [-0.4, -0.2) is 18.5 Å². The van der Waals surface area contributed by atoms with Gasteiger partial charge in [-0.25, -0.2) is 9.79 Å². The molecule has 3 aromatic rings. The molecular formula is C26H20Cl2INO4. The van der Waals surface area contributed by atoms with E-state index in [1.165, 1.54) is 5.56 Å². The molecule has 3 aromatic carbocycles. The van der Waals surface area contributed by atoms with E-state index in [0.717, 1.165) is 9.13 Å². The molecule has 34 heavy (non-hydrogen) atoms. The molecule has 174 valence electrons. The van der Waals surface area contributed by atoms with Gasteiger partial charge in [-0.05, 0) is 84.0 Å². The fourth-order valence-corrected chi connectivity index (χ4v) is 4.22. The lowest BCUT2D eigenvalue weighted by molar-refractivity contribution is -0.129. The van der Waals surface area contributed by atoms with Crippen LogP contribution in [0, 0.1) is 10.5 Å². The van der Waals surface area contributed by atoms with Crippen LogP contribution in [-0.2, 0) is 16.1 Å². The summed E-state index contributed by atoms with van der Waals surface area (Å²) in [6, 6.07) is 16.9. The number of nitrogens with zero attached hydrogens (tertiary/aromatic N) is 1. The lowest BCUT2D eigenvalue weighted by Crippen LogP contribution is -2.06. The molecular weight excluding hydrogens is 588 g/mol. The molecule has 5 nitrogen and oxygen atoms in total. The lowest BCUT2D eigenvalue weighted by atomic mass is 10.1. The molecule has 1 heterocycles. The minimum absolute atomic E-state index is 0.136. The molecule has 1 aliphatic heterocycles. The molecule has 0 N–H and O–H groups in total. The van der Waals surface area contributed by atoms with Crippen molar-refractivity contribution in [3.05, 3.63) is 96.2 Å². The van der Waals surface area contributed by atoms with E-state index in [1.807, 2.05) is 50.2 Å². The van der Waals surface area contributed by atoms with Crippen molar-refractivity contribution in [1.29, 1.82) is 0 Å². The molecule has 0 fully saturated rings. The van der Waals surface area contributed by atoms with Crippen molar-refractivity contribution in [3.8, 4) is 11.5 Å². The number of esters is 1. The number of benzene rings is 3. The minimum Gasteiger partial charge on any atom is -0.490 e. The average Bonchev–Trinajstić information content (AvgIpc) is 3.16. The van der Waals surface area contributed by atoms with E-state index in [-0.39, 0.29) is 11.6 Å². The average molecular weight is 608 g/mol. The maximum Gasteiger partial charge on any atom is 0.363 e. The van der Waals surface area contributed by atoms with Gasteiger partial charge in [0, 0.05) is 3.57 Å². The van der Waals surface area contributed by atoms with Crippen molar-refractivity contribution >= 4 is 63.7 Å². The van der Waals surface area contributed by atoms with E-state index in [4.69, 9.17) is 37.4 Å². The second-order valence-corrected chi connectivity index (χ2v) is 9.56. The Morgan fingerprint density at radius 3 is 2.53 bits per heavy atom. The van der Waals surface area contributed by atoms with Crippen LogP contribution >= 0.6 is 45.8 Å². The molecule has 0 bridgehead atoms. The van der Waals surface area contributed by atoms with Gasteiger partial charge in [-0.1, -0.05) is 53.0 Å². The zero-order valence-corrected chi connectivity index (χ0v) is 22.1. The number of rotatable bonds is 7. The fourth-order valence-electron chi connectivity index (χ4n) is 3.26. The van der Waals surface area contributed by atoms with Crippen LogP contribution in [0.25, 0.3) is 6.08 Å². The molecule has 0 saturated heterocycles. The van der Waals surface area contributed by atoms with Crippen molar-refractivity contribution < 1.29 is 19.0 Å². The first-order valence-corrected chi connectivity index (χ1v) is 12.3. The molecule has 0 aliphatic carbocycles. The van der Waals surface area contributed by atoms with E-state index in [9.17, 15) is 4.79 Å². The minimum atomic E-state index is -0.571. The number of aryl methyl sites for hydroxylation is 1. The molecule has 0 unspecified atom stereocenters. The van der Waals surface area contributed by atoms with Crippen molar-refractivity contribution in [1.82, 2.24) is 0 Å². The van der Waals surface area contributed by atoms with Crippen molar-refractivity contribution in [2.24, 2.45) is 4.99 Å². The van der Waals surface area contributed by atoms with Gasteiger partial charge in [0.2, 0.25) is 5.90 Å². The highest BCUT2D eigenvalue weighted by molar-refractivity contribution is 14.1. The molecule has 0 atom stereocenters. The number of carbonyl (C=O) groups excluding carboxylic acids is 1. The quantitative estimate of drug-likeness (QED) is 0.162. The van der Waals surface area contributed by atoms with Gasteiger partial charge in [0.1, 0.15) is 6.61 Å². The van der Waals surface area contributed by atoms with E-state index < -0.39 is 5.97 Å². The van der Waals surface area contributed by atoms with E-state index in [1.54, 1.807) is 24.3 Å². The normalized spacial score (nSPS) is 14.2. The molecule has 4 rings (SSSR count). The number of halogens is 3. The van der Waals surface area contributed by atoms with Crippen LogP contribution in [0.5, 0.6) is 11.5 Å². The zero-order chi connectivity index (χ0) is 24.2. The topological polar surface area (TPSA) is 57.1 Å². The zero-order valence-electron chi connectivity index (χ0n) is 18.4. The van der Waals surface area contributed by atoms with Gasteiger partial charge in [-0.3, -0.25) is 0 Å². The largest absolute Gasteiger partial charge is 0.490 e. The summed E-state index contributed by atoms with van der Waals surface area (Å²) in [5, 5.41) is 0.811. The summed E-state index contributed by atoms with van der Waals surface area (Å²) in [6.07, 6.45) is 1.59. The van der Waals surface area contributed by atoms with Gasteiger partial charge in [-0.15, -0.1) is 0 Å². The molecule has 0 radical (unpaired) electrons. The second kappa shape index (κ2) is 10.8. The fraction of sp³-hybridized carbons (Fsp3) is 0.154. The number of carbonyl (C=O) groups is 1. The number of ether oxygens (including phenoxy) is 3. The van der Waals surface area contributed by atoms with E-state index >= 15 is 0 Å². The third-order valence-corrected chi connectivity index (χ3v) is 6.20. The van der Waals surface area contributed by atoms with Crippen LogP contribution in [0.15, 0.2) is 65.3 Å². The third-order valence-electron chi connectivity index (χ3n) is 4.92. The van der Waals surface area contributed by atoms with Crippen LogP contribution < -0.4 is 9.47 Å². The van der Waals surface area contributed by atoms with Gasteiger partial charge in [0.15, 0.2) is 17.2 Å². The van der Waals surface area contributed by atoms with Gasteiger partial charge < -0.3 is 14.2 Å². The first-order chi connectivity index (χ1) is 16.3. The Morgan fingerprint density at radius 1 is 1.03 bits per heavy atom. The highest BCUT2D eigenvalue weighted by atomic mass is 127. The van der Waals surface area contributed by atoms with Crippen LogP contribution in [0.4, 0.5) is 0 Å². The summed E-state index contributed by atoms with van der Waals surface area (Å²) in [5.74, 6) is 0.507. The summed E-state index contributed by atoms with van der Waals surface area (Å²) >= 11 is 15.0. The Kier molecular flexibility index (Phi) is 7.80. The Balaban J connectivity index is 1.62. The van der Waals surface area contributed by atoms with Crippen LogP contribution in [0.1, 0.15) is 29.2 Å². The highest BCUT2D eigenvalue weighted by Crippen LogP contribution is 2.38. The van der Waals surface area contributed by atoms with Crippen LogP contribution in [0.2, 0.25) is 10.0 Å². The van der Waals surface area contributed by atoms with Crippen LogP contribution in [0.3, 0.4) is 0 Å². The van der Waals surface area contributed by atoms with Gasteiger partial charge in [0.05, 0.1) is 22.2 Å². The molecule has 1 aliphatic rings. The standard InChI is InChI=1S/C26H20Cl2INO4/c1-3-32-23-12-17(10-21(28)24(23)33-14-16-6-4-15(2)5-7-16)11-22-26(31)34-25(30-22)19-13-18(29)8-9-20(19)27/h4-13H,3,14H2,1-2H3/b22-11-. The Labute approximate surface area is 221 Å². The Bertz CT molecular complexity index is 1300. The Morgan fingerprint density at radius 2 is 1.79 bits per heavy atom. The third kappa shape index (κ3) is 5.74. The second-order valence-electron chi connectivity index (χ2n) is 7.50. The maximum atomic E-state index is 12.5.